The SMILES string of the molecule is CC(F)(C(F)(F)F)C(F)(F)C(F)(F)C(F)(F)F.FC(F)(F)F. The van der Waals surface area contributed by atoms with Gasteiger partial charge in [-0.15, -0.1) is 17.6 Å². The van der Waals surface area contributed by atoms with Crippen molar-refractivity contribution in [2.24, 2.45) is 0 Å². The predicted octanol–water partition coefficient (Wildman–Crippen LogP) is 5.59. The van der Waals surface area contributed by atoms with Crippen molar-refractivity contribution in [3.8, 4) is 0 Å². The lowest BCUT2D eigenvalue weighted by Gasteiger charge is -2.37. The second kappa shape index (κ2) is 5.86. The van der Waals surface area contributed by atoms with E-state index < -0.39 is 43.2 Å². The van der Waals surface area contributed by atoms with Crippen molar-refractivity contribution in [3.63, 3.8) is 0 Å². The number of hydrogen-bond acceptors (Lipinski definition) is 0. The number of hydrogen-bond donors (Lipinski definition) is 0. The van der Waals surface area contributed by atoms with E-state index in [-0.39, 0.29) is 0 Å². The molecule has 0 fully saturated rings. The first-order valence-electron chi connectivity index (χ1n) is 4.33. The monoisotopic (exact) mass is 372 g/mol. The van der Waals surface area contributed by atoms with Gasteiger partial charge in [-0.3, -0.25) is 0 Å². The molecular formula is C7H3F15. The van der Waals surface area contributed by atoms with Crippen LogP contribution in [0.15, 0.2) is 0 Å². The zero-order chi connectivity index (χ0) is 19.0. The molecule has 0 nitrogen and oxygen atoms in total. The minimum atomic E-state index is -7.15. The minimum Gasteiger partial charge on any atom is -0.227 e. The Morgan fingerprint density at radius 1 is 0.409 bits per heavy atom. The molecule has 22 heavy (non-hydrogen) atoms. The van der Waals surface area contributed by atoms with Gasteiger partial charge in [0.25, 0.3) is 5.67 Å². The molecule has 15 heteroatoms. The van der Waals surface area contributed by atoms with Gasteiger partial charge in [-0.1, -0.05) is 0 Å². The van der Waals surface area contributed by atoms with Crippen molar-refractivity contribution in [1.82, 2.24) is 0 Å². The van der Waals surface area contributed by atoms with Crippen LogP contribution in [-0.4, -0.2) is 36.3 Å². The topological polar surface area (TPSA) is 0 Å². The van der Waals surface area contributed by atoms with Crippen LogP contribution in [0.2, 0.25) is 0 Å². The van der Waals surface area contributed by atoms with E-state index in [4.69, 9.17) is 0 Å². The smallest absolute Gasteiger partial charge is 0.227 e. The Balaban J connectivity index is 0. The highest BCUT2D eigenvalue weighted by Gasteiger charge is 2.84. The van der Waals surface area contributed by atoms with Gasteiger partial charge in [0.2, 0.25) is 0 Å². The van der Waals surface area contributed by atoms with Gasteiger partial charge in [-0.05, 0) is 6.92 Å². The van der Waals surface area contributed by atoms with Gasteiger partial charge < -0.3 is 0 Å². The van der Waals surface area contributed by atoms with Crippen molar-refractivity contribution >= 4 is 0 Å². The van der Waals surface area contributed by atoms with Gasteiger partial charge in [-0.2, -0.15) is 43.9 Å². The Morgan fingerprint density at radius 3 is 0.773 bits per heavy atom. The first-order valence-corrected chi connectivity index (χ1v) is 4.33. The van der Waals surface area contributed by atoms with Crippen LogP contribution < -0.4 is 0 Å². The van der Waals surface area contributed by atoms with Gasteiger partial charge in [0, 0.05) is 0 Å². The molecule has 0 saturated heterocycles. The lowest BCUT2D eigenvalue weighted by atomic mass is 9.93. The molecule has 0 aromatic carbocycles. The summed E-state index contributed by atoms with van der Waals surface area (Å²) in [6.07, 6.45) is -19.1. The van der Waals surface area contributed by atoms with E-state index in [1.165, 1.54) is 0 Å². The molecule has 0 aliphatic rings. The Kier molecular flexibility index (Phi) is 6.19. The highest BCUT2D eigenvalue weighted by Crippen LogP contribution is 2.56. The molecule has 0 amide bonds. The second-order valence-corrected chi connectivity index (χ2v) is 3.58. The molecule has 0 bridgehead atoms. The maximum absolute atomic E-state index is 12.5. The van der Waals surface area contributed by atoms with Crippen LogP contribution in [0.3, 0.4) is 0 Å². The zero-order valence-electron chi connectivity index (χ0n) is 9.67. The van der Waals surface area contributed by atoms with Crippen molar-refractivity contribution in [2.75, 3.05) is 0 Å². The molecule has 0 aliphatic heterocycles. The summed E-state index contributed by atoms with van der Waals surface area (Å²) in [5.74, 6) is -14.1. The van der Waals surface area contributed by atoms with E-state index >= 15 is 0 Å². The zero-order valence-corrected chi connectivity index (χ0v) is 9.67. The summed E-state index contributed by atoms with van der Waals surface area (Å²) in [6, 6.07) is 0. The molecule has 0 rings (SSSR count). The van der Waals surface area contributed by atoms with E-state index in [9.17, 15) is 65.9 Å². The molecule has 0 aromatic rings. The molecule has 1 unspecified atom stereocenters. The third-order valence-corrected chi connectivity index (χ3v) is 1.87. The van der Waals surface area contributed by atoms with Gasteiger partial charge >= 0.3 is 30.6 Å². The Hall–Kier alpha value is -1.05. The molecule has 0 radical (unpaired) electrons. The summed E-state index contributed by atoms with van der Waals surface area (Å²) in [5, 5.41) is 0. The number of alkyl halides is 15. The van der Waals surface area contributed by atoms with E-state index in [0.29, 0.717) is 0 Å². The molecule has 1 atom stereocenters. The highest BCUT2D eigenvalue weighted by atomic mass is 19.5. The summed E-state index contributed by atoms with van der Waals surface area (Å²) in [7, 11) is 0. The van der Waals surface area contributed by atoms with Crippen LogP contribution in [-0.2, 0) is 0 Å². The van der Waals surface area contributed by atoms with Crippen molar-refractivity contribution in [2.45, 2.75) is 43.2 Å². The lowest BCUT2D eigenvalue weighted by Crippen LogP contribution is -2.66. The fourth-order valence-corrected chi connectivity index (χ4v) is 0.651. The van der Waals surface area contributed by atoms with Crippen LogP contribution in [0.5, 0.6) is 0 Å². The summed E-state index contributed by atoms with van der Waals surface area (Å²) < 4.78 is 170. The Morgan fingerprint density at radius 2 is 0.636 bits per heavy atom. The minimum absolute atomic E-state index is 1.09. The summed E-state index contributed by atoms with van der Waals surface area (Å²) in [6.45, 7) is -1.09. The van der Waals surface area contributed by atoms with Crippen molar-refractivity contribution < 1.29 is 65.9 Å². The van der Waals surface area contributed by atoms with E-state index in [2.05, 4.69) is 0 Å². The molecular weight excluding hydrogens is 369 g/mol. The third-order valence-electron chi connectivity index (χ3n) is 1.87. The third kappa shape index (κ3) is 5.00. The molecule has 0 N–H and O–H groups in total. The largest absolute Gasteiger partial charge is 0.559 e. The molecule has 0 aromatic heterocycles. The standard InChI is InChI=1S/C6H3F11.CF4/c1-2(7,5(12,13)14)3(8,9)4(10,11)6(15,16)17;2-1(3,4)5/h1H3;. The van der Waals surface area contributed by atoms with Crippen molar-refractivity contribution in [3.05, 3.63) is 0 Å². The van der Waals surface area contributed by atoms with Gasteiger partial charge in [0.05, 0.1) is 0 Å². The van der Waals surface area contributed by atoms with Crippen LogP contribution in [0.25, 0.3) is 0 Å². The first-order chi connectivity index (χ1) is 9.00. The average Bonchev–Trinajstić information content (AvgIpc) is 2.10. The van der Waals surface area contributed by atoms with E-state index in [0.717, 1.165) is 0 Å². The molecule has 0 spiro atoms. The predicted molar refractivity (Wildman–Crippen MR) is 38.7 cm³/mol. The Labute approximate surface area is 110 Å². The summed E-state index contributed by atoms with van der Waals surface area (Å²) in [4.78, 5) is 0. The van der Waals surface area contributed by atoms with E-state index in [1.807, 2.05) is 0 Å². The molecule has 136 valence electrons. The summed E-state index contributed by atoms with van der Waals surface area (Å²) >= 11 is 0. The maximum atomic E-state index is 12.5. The van der Waals surface area contributed by atoms with Crippen LogP contribution in [0.4, 0.5) is 65.9 Å². The van der Waals surface area contributed by atoms with Crippen molar-refractivity contribution in [1.29, 1.82) is 0 Å². The maximum Gasteiger partial charge on any atom is 0.559 e. The number of rotatable bonds is 2. The second-order valence-electron chi connectivity index (χ2n) is 3.58. The van der Waals surface area contributed by atoms with Crippen LogP contribution in [0, 0.1) is 0 Å². The average molecular weight is 372 g/mol. The normalized spacial score (nSPS) is 17.5. The number of halogens is 15. The van der Waals surface area contributed by atoms with Gasteiger partial charge in [-0.25, -0.2) is 4.39 Å². The summed E-state index contributed by atoms with van der Waals surface area (Å²) in [5.41, 5.74) is -6.03. The first kappa shape index (κ1) is 23.2. The molecule has 0 aliphatic carbocycles. The fraction of sp³-hybridized carbons (Fsp3) is 1.00. The molecule has 0 saturated carbocycles. The fourth-order valence-electron chi connectivity index (χ4n) is 0.651. The Bertz CT molecular complexity index is 318. The van der Waals surface area contributed by atoms with Gasteiger partial charge in [0.15, 0.2) is 0 Å². The van der Waals surface area contributed by atoms with Gasteiger partial charge in [0.1, 0.15) is 0 Å². The lowest BCUT2D eigenvalue weighted by molar-refractivity contribution is -0.408. The van der Waals surface area contributed by atoms with E-state index in [1.54, 1.807) is 0 Å². The van der Waals surface area contributed by atoms with Crippen LogP contribution >= 0.6 is 0 Å². The molecule has 0 heterocycles. The van der Waals surface area contributed by atoms with Crippen LogP contribution in [0.1, 0.15) is 6.92 Å². The highest BCUT2D eigenvalue weighted by molar-refractivity contribution is 5.06. The quantitative estimate of drug-likeness (QED) is 0.555.